The molecule has 1 aromatic carbocycles. The fourth-order valence-corrected chi connectivity index (χ4v) is 2.15. The molecule has 1 heterocycles. The highest BCUT2D eigenvalue weighted by Crippen LogP contribution is 2.31. The van der Waals surface area contributed by atoms with E-state index in [4.69, 9.17) is 0 Å². The minimum absolute atomic E-state index is 0.181. The molecule has 5 heteroatoms. The number of aromatic hydroxyl groups is 1. The number of aryl methyl sites for hydroxylation is 2. The van der Waals surface area contributed by atoms with Gasteiger partial charge in [-0.05, 0) is 49.1 Å². The van der Waals surface area contributed by atoms with Gasteiger partial charge in [0.25, 0.3) is 5.91 Å². The summed E-state index contributed by atoms with van der Waals surface area (Å²) in [5.41, 5.74) is 2.72. The van der Waals surface area contributed by atoms with Crippen LogP contribution in [0.1, 0.15) is 48.3 Å². The fourth-order valence-electron chi connectivity index (χ4n) is 2.15. The van der Waals surface area contributed by atoms with Crippen molar-refractivity contribution in [1.29, 1.82) is 0 Å². The van der Waals surface area contributed by atoms with Crippen LogP contribution in [0.15, 0.2) is 24.4 Å². The summed E-state index contributed by atoms with van der Waals surface area (Å²) in [5.74, 6) is 0.196. The van der Waals surface area contributed by atoms with Gasteiger partial charge in [0, 0.05) is 18.4 Å². The van der Waals surface area contributed by atoms with Crippen LogP contribution in [-0.2, 0) is 6.54 Å². The Morgan fingerprint density at radius 2 is 2.14 bits per heavy atom. The van der Waals surface area contributed by atoms with Crippen LogP contribution in [0.25, 0.3) is 0 Å². The number of phenols is 1. The largest absolute Gasteiger partial charge is 0.508 e. The van der Waals surface area contributed by atoms with Gasteiger partial charge in [-0.25, -0.2) is 0 Å². The number of hydrogen-bond acceptors (Lipinski definition) is 3. The van der Waals surface area contributed by atoms with Crippen molar-refractivity contribution in [2.45, 2.75) is 40.2 Å². The molecule has 0 atom stereocenters. The maximum atomic E-state index is 12.2. The Morgan fingerprint density at radius 1 is 1.43 bits per heavy atom. The average molecular weight is 287 g/mol. The molecule has 0 fully saturated rings. The molecule has 0 spiro atoms. The molecule has 0 aliphatic rings. The highest BCUT2D eigenvalue weighted by molar-refractivity contribution is 6.03. The molecule has 0 aliphatic carbocycles. The number of benzene rings is 1. The number of nitrogens with one attached hydrogen (secondary N) is 1. The van der Waals surface area contributed by atoms with Crippen LogP contribution in [0, 0.1) is 6.92 Å². The molecule has 112 valence electrons. The first-order valence-electron chi connectivity index (χ1n) is 7.10. The van der Waals surface area contributed by atoms with Gasteiger partial charge >= 0.3 is 0 Å². The second kappa shape index (κ2) is 5.99. The molecular formula is C16H21N3O2. The monoisotopic (exact) mass is 287 g/mol. The zero-order chi connectivity index (χ0) is 15.6. The van der Waals surface area contributed by atoms with Crippen molar-refractivity contribution < 1.29 is 9.90 Å². The van der Waals surface area contributed by atoms with E-state index in [0.717, 1.165) is 17.7 Å². The molecule has 0 aliphatic heterocycles. The first-order chi connectivity index (χ1) is 9.92. The molecule has 0 saturated carbocycles. The van der Waals surface area contributed by atoms with Gasteiger partial charge < -0.3 is 10.4 Å². The van der Waals surface area contributed by atoms with Crippen LogP contribution < -0.4 is 5.32 Å². The molecule has 2 rings (SSSR count). The normalized spacial score (nSPS) is 10.9. The zero-order valence-corrected chi connectivity index (χ0v) is 12.8. The van der Waals surface area contributed by atoms with E-state index < -0.39 is 0 Å². The van der Waals surface area contributed by atoms with Crippen LogP contribution in [0.5, 0.6) is 5.75 Å². The Bertz CT molecular complexity index is 660. The van der Waals surface area contributed by atoms with Crippen molar-refractivity contribution in [3.63, 3.8) is 0 Å². The lowest BCUT2D eigenvalue weighted by Gasteiger charge is -2.14. The molecule has 1 amide bonds. The lowest BCUT2D eigenvalue weighted by molar-refractivity contribution is 0.102. The topological polar surface area (TPSA) is 67.2 Å². The molecule has 0 saturated heterocycles. The number of nitrogens with zero attached hydrogens (tertiary/aromatic N) is 2. The molecule has 0 radical (unpaired) electrons. The molecule has 21 heavy (non-hydrogen) atoms. The van der Waals surface area contributed by atoms with Gasteiger partial charge in [-0.1, -0.05) is 13.8 Å². The summed E-state index contributed by atoms with van der Waals surface area (Å²) in [6, 6.07) is 5.19. The van der Waals surface area contributed by atoms with Crippen molar-refractivity contribution in [3.05, 3.63) is 41.2 Å². The third-order valence-electron chi connectivity index (χ3n) is 3.44. The van der Waals surface area contributed by atoms with Crippen LogP contribution in [0.3, 0.4) is 0 Å². The predicted octanol–water partition coefficient (Wildman–Crippen LogP) is 3.29. The van der Waals surface area contributed by atoms with E-state index in [9.17, 15) is 9.90 Å². The van der Waals surface area contributed by atoms with Gasteiger partial charge in [0.1, 0.15) is 5.75 Å². The smallest absolute Gasteiger partial charge is 0.276 e. The van der Waals surface area contributed by atoms with Crippen molar-refractivity contribution in [1.82, 2.24) is 9.78 Å². The summed E-state index contributed by atoms with van der Waals surface area (Å²) >= 11 is 0. The summed E-state index contributed by atoms with van der Waals surface area (Å²) < 4.78 is 1.71. The maximum Gasteiger partial charge on any atom is 0.276 e. The maximum absolute atomic E-state index is 12.2. The molecule has 0 unspecified atom stereocenters. The first kappa shape index (κ1) is 15.1. The van der Waals surface area contributed by atoms with E-state index in [-0.39, 0.29) is 17.6 Å². The van der Waals surface area contributed by atoms with E-state index in [1.54, 1.807) is 23.0 Å². The summed E-state index contributed by atoms with van der Waals surface area (Å²) in [4.78, 5) is 12.2. The Hall–Kier alpha value is -2.30. The van der Waals surface area contributed by atoms with Crippen LogP contribution >= 0.6 is 0 Å². The number of anilines is 1. The molecule has 5 nitrogen and oxygen atoms in total. The van der Waals surface area contributed by atoms with Crippen molar-refractivity contribution in [2.24, 2.45) is 0 Å². The van der Waals surface area contributed by atoms with E-state index in [1.165, 1.54) is 0 Å². The zero-order valence-electron chi connectivity index (χ0n) is 12.8. The van der Waals surface area contributed by atoms with Gasteiger partial charge in [-0.3, -0.25) is 9.48 Å². The van der Waals surface area contributed by atoms with Gasteiger partial charge in [0.2, 0.25) is 0 Å². The number of amides is 1. The second-order valence-electron chi connectivity index (χ2n) is 5.39. The minimum Gasteiger partial charge on any atom is -0.508 e. The number of aromatic nitrogens is 2. The Labute approximate surface area is 124 Å². The van der Waals surface area contributed by atoms with Crippen LogP contribution in [-0.4, -0.2) is 20.8 Å². The summed E-state index contributed by atoms with van der Waals surface area (Å²) in [6.45, 7) is 8.54. The molecule has 2 aromatic rings. The van der Waals surface area contributed by atoms with Crippen LogP contribution in [0.4, 0.5) is 5.69 Å². The summed E-state index contributed by atoms with van der Waals surface area (Å²) in [6.07, 6.45) is 1.78. The van der Waals surface area contributed by atoms with E-state index in [0.29, 0.717) is 11.4 Å². The van der Waals surface area contributed by atoms with Crippen molar-refractivity contribution in [2.75, 3.05) is 5.32 Å². The summed E-state index contributed by atoms with van der Waals surface area (Å²) in [5, 5.41) is 17.0. The summed E-state index contributed by atoms with van der Waals surface area (Å²) in [7, 11) is 0. The Morgan fingerprint density at radius 3 is 2.71 bits per heavy atom. The number of phenolic OH excluding ortho intramolecular Hbond substituents is 1. The fraction of sp³-hybridized carbons (Fsp3) is 0.375. The number of carbonyl (C=O) groups is 1. The third kappa shape index (κ3) is 3.24. The first-order valence-corrected chi connectivity index (χ1v) is 7.10. The SMILES string of the molecule is CCn1ccc(C(=O)Nc2cc(C(C)C)c(O)cc2C)n1. The molecule has 2 N–H and O–H groups in total. The van der Waals surface area contributed by atoms with Gasteiger partial charge in [0.15, 0.2) is 5.69 Å². The third-order valence-corrected chi connectivity index (χ3v) is 3.44. The molecule has 1 aromatic heterocycles. The van der Waals surface area contributed by atoms with E-state index in [1.807, 2.05) is 33.8 Å². The van der Waals surface area contributed by atoms with Crippen LogP contribution in [0.2, 0.25) is 0 Å². The minimum atomic E-state index is -0.245. The van der Waals surface area contributed by atoms with Gasteiger partial charge in [0.05, 0.1) is 0 Å². The number of rotatable bonds is 4. The van der Waals surface area contributed by atoms with Gasteiger partial charge in [-0.15, -0.1) is 0 Å². The number of carbonyl (C=O) groups excluding carboxylic acids is 1. The quantitative estimate of drug-likeness (QED) is 0.848. The lowest BCUT2D eigenvalue weighted by atomic mass is 9.99. The second-order valence-corrected chi connectivity index (χ2v) is 5.39. The standard InChI is InChI=1S/C16H21N3O2/c1-5-19-7-6-13(18-19)16(21)17-14-9-12(10(2)3)15(20)8-11(14)4/h6-10,20H,5H2,1-4H3,(H,17,21). The molecular weight excluding hydrogens is 266 g/mol. The van der Waals surface area contributed by atoms with E-state index in [2.05, 4.69) is 10.4 Å². The van der Waals surface area contributed by atoms with Gasteiger partial charge in [-0.2, -0.15) is 5.10 Å². The number of hydrogen-bond donors (Lipinski definition) is 2. The average Bonchev–Trinajstić information content (AvgIpc) is 2.90. The van der Waals surface area contributed by atoms with Crippen molar-refractivity contribution in [3.8, 4) is 5.75 Å². The lowest BCUT2D eigenvalue weighted by Crippen LogP contribution is -2.14. The molecule has 0 bridgehead atoms. The highest BCUT2D eigenvalue weighted by Gasteiger charge is 2.14. The Balaban J connectivity index is 2.26. The van der Waals surface area contributed by atoms with Crippen molar-refractivity contribution >= 4 is 11.6 Å². The Kier molecular flexibility index (Phi) is 4.31. The predicted molar refractivity (Wildman–Crippen MR) is 82.8 cm³/mol. The van der Waals surface area contributed by atoms with E-state index >= 15 is 0 Å². The highest BCUT2D eigenvalue weighted by atomic mass is 16.3.